The maximum absolute atomic E-state index is 12.9. The molecule has 1 saturated heterocycles. The molecule has 168 valence electrons. The largest absolute Gasteiger partial charge is 0.357 e. The van der Waals surface area contributed by atoms with Gasteiger partial charge in [-0.25, -0.2) is 8.42 Å². The summed E-state index contributed by atoms with van der Waals surface area (Å²) in [6.07, 6.45) is 2.54. The van der Waals surface area contributed by atoms with Crippen LogP contribution < -0.4 is 10.2 Å². The van der Waals surface area contributed by atoms with E-state index in [1.165, 1.54) is 27.8 Å². The number of nitro benzene ring substituents is 1. The molecule has 31 heavy (non-hydrogen) atoms. The van der Waals surface area contributed by atoms with Crippen LogP contribution in [0.15, 0.2) is 40.6 Å². The lowest BCUT2D eigenvalue weighted by atomic mass is 10.2. The second-order valence-corrected chi connectivity index (χ2v) is 10.2. The molecule has 2 aromatic rings. The highest BCUT2D eigenvalue weighted by Gasteiger charge is 2.29. The van der Waals surface area contributed by atoms with Gasteiger partial charge in [0.15, 0.2) is 0 Å². The van der Waals surface area contributed by atoms with Crippen LogP contribution in [0.4, 0.5) is 11.4 Å². The fraction of sp³-hybridized carbons (Fsp3) is 0.450. The number of anilines is 1. The number of nitrogens with zero attached hydrogens (tertiary/aromatic N) is 3. The van der Waals surface area contributed by atoms with E-state index in [1.54, 1.807) is 11.8 Å². The van der Waals surface area contributed by atoms with Gasteiger partial charge in [0, 0.05) is 30.6 Å². The van der Waals surface area contributed by atoms with Gasteiger partial charge < -0.3 is 10.2 Å². The van der Waals surface area contributed by atoms with E-state index < -0.39 is 14.9 Å². The summed E-state index contributed by atoms with van der Waals surface area (Å²) in [6.45, 7) is 3.30. The second kappa shape index (κ2) is 10.2. The first-order valence-corrected chi connectivity index (χ1v) is 12.5. The third-order valence-electron chi connectivity index (χ3n) is 5.19. The summed E-state index contributed by atoms with van der Waals surface area (Å²) in [5.74, 6) is -0.269. The van der Waals surface area contributed by atoms with Crippen molar-refractivity contribution in [1.29, 1.82) is 0 Å². The molecule has 1 aliphatic rings. The predicted octanol–water partition coefficient (Wildman–Crippen LogP) is 2.97. The Balaban J connectivity index is 1.80. The van der Waals surface area contributed by atoms with Crippen molar-refractivity contribution in [2.24, 2.45) is 0 Å². The second-order valence-electron chi connectivity index (χ2n) is 7.24. The lowest BCUT2D eigenvalue weighted by Crippen LogP contribution is -2.37. The van der Waals surface area contributed by atoms with Crippen molar-refractivity contribution in [2.75, 3.05) is 31.1 Å². The minimum Gasteiger partial charge on any atom is -0.357 e. The lowest BCUT2D eigenvalue weighted by molar-refractivity contribution is -0.384. The number of benzene rings is 1. The van der Waals surface area contributed by atoms with Gasteiger partial charge in [-0.1, -0.05) is 12.5 Å². The molecule has 0 unspecified atom stereocenters. The number of nitro groups is 1. The fourth-order valence-electron chi connectivity index (χ4n) is 3.53. The third-order valence-corrected chi connectivity index (χ3v) is 7.96. The number of nitrogens with one attached hydrogen (secondary N) is 1. The maximum atomic E-state index is 12.9. The molecule has 1 N–H and O–H groups in total. The number of likely N-dealkylation sites (N-methyl/N-ethyl adjacent to an activating group) is 1. The molecular weight excluding hydrogens is 440 g/mol. The van der Waals surface area contributed by atoms with Crippen molar-refractivity contribution < 1.29 is 18.1 Å². The quantitative estimate of drug-likeness (QED) is 0.449. The average Bonchev–Trinajstić information content (AvgIpc) is 3.30. The van der Waals surface area contributed by atoms with Crippen molar-refractivity contribution in [3.8, 4) is 0 Å². The Morgan fingerprint density at radius 2 is 2.00 bits per heavy atom. The van der Waals surface area contributed by atoms with Crippen molar-refractivity contribution >= 4 is 38.6 Å². The molecule has 9 nitrogen and oxygen atoms in total. The Hall–Kier alpha value is -2.50. The van der Waals surface area contributed by atoms with Gasteiger partial charge in [0.1, 0.15) is 5.69 Å². The molecule has 0 aliphatic carbocycles. The molecule has 1 aromatic heterocycles. The minimum absolute atomic E-state index is 0.0685. The van der Waals surface area contributed by atoms with Crippen LogP contribution in [-0.2, 0) is 21.4 Å². The van der Waals surface area contributed by atoms with Crippen molar-refractivity contribution in [2.45, 2.75) is 37.6 Å². The van der Waals surface area contributed by atoms with E-state index in [0.29, 0.717) is 26.2 Å². The molecule has 11 heteroatoms. The number of thiophene rings is 1. The summed E-state index contributed by atoms with van der Waals surface area (Å²) in [5.41, 5.74) is -0.109. The van der Waals surface area contributed by atoms with E-state index >= 15 is 0 Å². The van der Waals surface area contributed by atoms with Gasteiger partial charge in [-0.05, 0) is 43.3 Å². The highest BCUT2D eigenvalue weighted by molar-refractivity contribution is 7.89. The minimum atomic E-state index is -3.79. The van der Waals surface area contributed by atoms with Crippen LogP contribution >= 0.6 is 11.3 Å². The number of hydrogen-bond donors (Lipinski definition) is 1. The van der Waals surface area contributed by atoms with Crippen LogP contribution in [0.5, 0.6) is 0 Å². The molecule has 0 bridgehead atoms. The highest BCUT2D eigenvalue weighted by atomic mass is 32.2. The third kappa shape index (κ3) is 5.60. The first-order valence-electron chi connectivity index (χ1n) is 10.2. The van der Waals surface area contributed by atoms with Gasteiger partial charge >= 0.3 is 0 Å². The summed E-state index contributed by atoms with van der Waals surface area (Å²) in [4.78, 5) is 26.0. The molecule has 0 saturated carbocycles. The zero-order valence-electron chi connectivity index (χ0n) is 17.3. The van der Waals surface area contributed by atoms with E-state index in [4.69, 9.17) is 0 Å². The number of amides is 1. The Labute approximate surface area is 185 Å². The van der Waals surface area contributed by atoms with E-state index in [2.05, 4.69) is 5.32 Å². The van der Waals surface area contributed by atoms with Crippen LogP contribution in [0, 0.1) is 10.1 Å². The normalized spacial score (nSPS) is 14.9. The van der Waals surface area contributed by atoms with E-state index in [1.807, 2.05) is 17.5 Å². The topological polar surface area (TPSA) is 113 Å². The number of sulfonamides is 1. The summed E-state index contributed by atoms with van der Waals surface area (Å²) in [7, 11) is -3.79. The highest BCUT2D eigenvalue weighted by Crippen LogP contribution is 2.32. The Morgan fingerprint density at radius 3 is 2.61 bits per heavy atom. The fourth-order valence-corrected chi connectivity index (χ4v) is 5.71. The van der Waals surface area contributed by atoms with E-state index in [0.717, 1.165) is 30.2 Å². The van der Waals surface area contributed by atoms with Crippen LogP contribution in [0.25, 0.3) is 0 Å². The van der Waals surface area contributed by atoms with Gasteiger partial charge in [-0.2, -0.15) is 4.31 Å². The summed E-state index contributed by atoms with van der Waals surface area (Å²) < 4.78 is 27.2. The van der Waals surface area contributed by atoms with Crippen LogP contribution in [-0.4, -0.2) is 49.7 Å². The number of rotatable bonds is 9. The van der Waals surface area contributed by atoms with Crippen LogP contribution in [0.1, 0.15) is 31.1 Å². The molecule has 1 aromatic carbocycles. The summed E-state index contributed by atoms with van der Waals surface area (Å²) >= 11 is 1.53. The predicted molar refractivity (Wildman–Crippen MR) is 120 cm³/mol. The number of hydrogen-bond acceptors (Lipinski definition) is 7. The molecular formula is C20H26N4O5S2. The Kier molecular flexibility index (Phi) is 7.63. The SMILES string of the molecule is CCN(CC(=O)NCc1cccs1)c1ccc(S(=O)(=O)N2CCCCC2)cc1[N+](=O)[O-]. The number of carbonyl (C=O) groups is 1. The van der Waals surface area contributed by atoms with E-state index in [9.17, 15) is 23.3 Å². The standard InChI is InChI=1S/C20H26N4O5S2/c1-2-22(15-20(25)21-14-16-7-6-12-30-16)18-9-8-17(13-19(18)24(26)27)31(28,29)23-10-4-3-5-11-23/h6-9,12-13H,2-5,10-11,14-15H2,1H3,(H,21,25). The summed E-state index contributed by atoms with van der Waals surface area (Å²) in [5, 5.41) is 16.5. The molecule has 0 radical (unpaired) electrons. The first kappa shape index (κ1) is 23.2. The molecule has 1 aliphatic heterocycles. The molecule has 2 heterocycles. The van der Waals surface area contributed by atoms with Crippen LogP contribution in [0.3, 0.4) is 0 Å². The van der Waals surface area contributed by atoms with Gasteiger partial charge in [0.2, 0.25) is 15.9 Å². The number of carbonyl (C=O) groups excluding carboxylic acids is 1. The zero-order chi connectivity index (χ0) is 22.4. The zero-order valence-corrected chi connectivity index (χ0v) is 19.0. The lowest BCUT2D eigenvalue weighted by Gasteiger charge is -2.26. The smallest absolute Gasteiger partial charge is 0.293 e. The molecule has 0 spiro atoms. The van der Waals surface area contributed by atoms with Crippen molar-refractivity contribution in [3.05, 3.63) is 50.7 Å². The number of piperidine rings is 1. The van der Waals surface area contributed by atoms with Gasteiger partial charge in [-0.3, -0.25) is 14.9 Å². The maximum Gasteiger partial charge on any atom is 0.293 e. The average molecular weight is 467 g/mol. The molecule has 3 rings (SSSR count). The Bertz CT molecular complexity index is 1020. The van der Waals surface area contributed by atoms with Crippen molar-refractivity contribution in [1.82, 2.24) is 9.62 Å². The first-order chi connectivity index (χ1) is 14.8. The van der Waals surface area contributed by atoms with Gasteiger partial charge in [0.25, 0.3) is 5.69 Å². The molecule has 0 atom stereocenters. The molecule has 1 amide bonds. The Morgan fingerprint density at radius 1 is 1.26 bits per heavy atom. The van der Waals surface area contributed by atoms with Gasteiger partial charge in [0.05, 0.1) is 22.9 Å². The van der Waals surface area contributed by atoms with Crippen LogP contribution in [0.2, 0.25) is 0 Å². The molecule has 1 fully saturated rings. The monoisotopic (exact) mass is 466 g/mol. The summed E-state index contributed by atoms with van der Waals surface area (Å²) in [6, 6.07) is 7.72. The van der Waals surface area contributed by atoms with Crippen molar-refractivity contribution in [3.63, 3.8) is 0 Å². The van der Waals surface area contributed by atoms with Gasteiger partial charge in [-0.15, -0.1) is 11.3 Å². The van der Waals surface area contributed by atoms with E-state index in [-0.39, 0.29) is 28.7 Å².